The molecule has 2 aliphatic carbocycles. The molecule has 6 nitrogen and oxygen atoms in total. The lowest BCUT2D eigenvalue weighted by Gasteiger charge is -2.39. The number of benzene rings is 2. The summed E-state index contributed by atoms with van der Waals surface area (Å²) in [6.45, 7) is 4.41. The Kier molecular flexibility index (Phi) is 4.91. The highest BCUT2D eigenvalue weighted by Crippen LogP contribution is 2.41. The highest BCUT2D eigenvalue weighted by Gasteiger charge is 2.43. The molecule has 0 atom stereocenters. The highest BCUT2D eigenvalue weighted by molar-refractivity contribution is 6.33. The Hall–Kier alpha value is -3.02. The van der Waals surface area contributed by atoms with Crippen LogP contribution in [0.5, 0.6) is 0 Å². The van der Waals surface area contributed by atoms with Crippen LogP contribution in [0.25, 0.3) is 10.8 Å². The monoisotopic (exact) mass is 458 g/mol. The van der Waals surface area contributed by atoms with Gasteiger partial charge in [-0.3, -0.25) is 29.0 Å². The number of hydrogen-bond acceptors (Lipinski definition) is 4. The van der Waals surface area contributed by atoms with E-state index >= 15 is 0 Å². The smallest absolute Gasteiger partial charge is 0.261 e. The molecule has 2 saturated carbocycles. The second-order valence-electron chi connectivity index (χ2n) is 10.9. The van der Waals surface area contributed by atoms with Crippen molar-refractivity contribution in [2.24, 2.45) is 11.8 Å². The maximum Gasteiger partial charge on any atom is 0.261 e. The number of nitrogens with zero attached hydrogens (tertiary/aromatic N) is 2. The zero-order valence-corrected chi connectivity index (χ0v) is 19.8. The van der Waals surface area contributed by atoms with Crippen LogP contribution < -0.4 is 0 Å². The van der Waals surface area contributed by atoms with E-state index in [1.165, 1.54) is 9.80 Å². The molecular weight excluding hydrogens is 428 g/mol. The summed E-state index contributed by atoms with van der Waals surface area (Å²) in [6.07, 6.45) is 7.28. The van der Waals surface area contributed by atoms with Gasteiger partial charge in [-0.05, 0) is 87.5 Å². The van der Waals surface area contributed by atoms with Crippen molar-refractivity contribution >= 4 is 34.4 Å². The number of hydrogen-bond donors (Lipinski definition) is 0. The molecule has 0 radical (unpaired) electrons. The largest absolute Gasteiger partial charge is 0.271 e. The van der Waals surface area contributed by atoms with Crippen molar-refractivity contribution in [2.75, 3.05) is 0 Å². The predicted octanol–water partition coefficient (Wildman–Crippen LogP) is 5.19. The summed E-state index contributed by atoms with van der Waals surface area (Å²) >= 11 is 0. The summed E-state index contributed by atoms with van der Waals surface area (Å²) in [6, 6.07) is 6.55. The van der Waals surface area contributed by atoms with Crippen LogP contribution in [0.1, 0.15) is 107 Å². The van der Waals surface area contributed by atoms with Crippen LogP contribution >= 0.6 is 0 Å². The third-order valence-corrected chi connectivity index (χ3v) is 8.66. The van der Waals surface area contributed by atoms with Gasteiger partial charge in [0.15, 0.2) is 0 Å². The summed E-state index contributed by atoms with van der Waals surface area (Å²) in [5.74, 6) is 0.0111. The van der Waals surface area contributed by atoms with E-state index in [0.717, 1.165) is 51.4 Å². The number of carbonyl (C=O) groups excluding carboxylic acids is 4. The molecule has 2 fully saturated rings. The first-order valence-electron chi connectivity index (χ1n) is 12.7. The fourth-order valence-corrected chi connectivity index (χ4v) is 6.58. The van der Waals surface area contributed by atoms with Crippen LogP contribution in [0.2, 0.25) is 0 Å². The summed E-state index contributed by atoms with van der Waals surface area (Å²) in [5, 5.41) is 0.952. The van der Waals surface area contributed by atoms with Gasteiger partial charge in [0, 0.05) is 45.1 Å². The van der Waals surface area contributed by atoms with Crippen molar-refractivity contribution in [3.8, 4) is 0 Å². The SMILES string of the molecule is CC1CCC(N2C(=O)c3ccc4c5c(ccc(c35)C2=O)C(=O)N(C2CCC(C)CC2)C4=O)CC1. The summed E-state index contributed by atoms with van der Waals surface area (Å²) in [4.78, 5) is 57.1. The summed E-state index contributed by atoms with van der Waals surface area (Å²) in [7, 11) is 0. The first-order valence-corrected chi connectivity index (χ1v) is 12.7. The summed E-state index contributed by atoms with van der Waals surface area (Å²) in [5.41, 5.74) is 1.70. The van der Waals surface area contributed by atoms with Crippen molar-refractivity contribution < 1.29 is 19.2 Å². The number of imide groups is 2. The van der Waals surface area contributed by atoms with E-state index in [-0.39, 0.29) is 35.7 Å². The minimum Gasteiger partial charge on any atom is -0.271 e. The molecule has 0 saturated heterocycles. The summed E-state index contributed by atoms with van der Waals surface area (Å²) < 4.78 is 0. The third kappa shape index (κ3) is 3.00. The molecule has 0 spiro atoms. The average Bonchev–Trinajstić information content (AvgIpc) is 2.83. The maximum absolute atomic E-state index is 13.6. The van der Waals surface area contributed by atoms with Crippen LogP contribution in [-0.4, -0.2) is 45.5 Å². The number of carbonyl (C=O) groups is 4. The van der Waals surface area contributed by atoms with Crippen molar-refractivity contribution in [3.63, 3.8) is 0 Å². The second-order valence-corrected chi connectivity index (χ2v) is 10.9. The minimum atomic E-state index is -0.302. The van der Waals surface area contributed by atoms with Crippen LogP contribution in [0, 0.1) is 11.8 Å². The van der Waals surface area contributed by atoms with Crippen molar-refractivity contribution in [1.29, 1.82) is 0 Å². The zero-order chi connectivity index (χ0) is 23.7. The van der Waals surface area contributed by atoms with E-state index in [4.69, 9.17) is 0 Å². The minimum absolute atomic E-state index is 0.0980. The average molecular weight is 459 g/mol. The molecule has 2 heterocycles. The topological polar surface area (TPSA) is 74.8 Å². The molecule has 2 aromatic rings. The van der Waals surface area contributed by atoms with E-state index in [1.807, 2.05) is 0 Å². The van der Waals surface area contributed by atoms with Gasteiger partial charge in [0.2, 0.25) is 0 Å². The van der Waals surface area contributed by atoms with Gasteiger partial charge in [0.25, 0.3) is 23.6 Å². The third-order valence-electron chi connectivity index (χ3n) is 8.66. The van der Waals surface area contributed by atoms with Crippen LogP contribution in [0.4, 0.5) is 0 Å². The van der Waals surface area contributed by atoms with Crippen LogP contribution in [0.3, 0.4) is 0 Å². The molecule has 6 rings (SSSR count). The van der Waals surface area contributed by atoms with Crippen LogP contribution in [-0.2, 0) is 0 Å². The molecule has 0 N–H and O–H groups in total. The molecule has 34 heavy (non-hydrogen) atoms. The molecule has 0 aromatic heterocycles. The molecule has 4 aliphatic rings. The molecule has 4 amide bonds. The Morgan fingerprint density at radius 2 is 0.765 bits per heavy atom. The fourth-order valence-electron chi connectivity index (χ4n) is 6.58. The van der Waals surface area contributed by atoms with Crippen molar-refractivity contribution in [2.45, 2.75) is 77.3 Å². The van der Waals surface area contributed by atoms with E-state index in [2.05, 4.69) is 13.8 Å². The van der Waals surface area contributed by atoms with Gasteiger partial charge in [-0.2, -0.15) is 0 Å². The molecule has 0 bridgehead atoms. The standard InChI is InChI=1S/C28H30N2O4/c1-15-3-7-17(8-4-15)29-25(31)19-11-13-21-24-22(14-12-20(23(19)24)26(29)32)28(34)30(27(21)33)18-9-5-16(2)6-10-18/h11-18H,3-10H2,1-2H3. The van der Waals surface area contributed by atoms with Gasteiger partial charge in [-0.1, -0.05) is 13.8 Å². The van der Waals surface area contributed by atoms with Gasteiger partial charge in [0.05, 0.1) is 0 Å². The normalized spacial score (nSPS) is 29.2. The van der Waals surface area contributed by atoms with E-state index in [9.17, 15) is 19.2 Å². The highest BCUT2D eigenvalue weighted by atomic mass is 16.2. The van der Waals surface area contributed by atoms with Gasteiger partial charge in [0.1, 0.15) is 0 Å². The van der Waals surface area contributed by atoms with Gasteiger partial charge in [-0.15, -0.1) is 0 Å². The first-order chi connectivity index (χ1) is 16.4. The molecule has 176 valence electrons. The fraction of sp³-hybridized carbons (Fsp3) is 0.500. The van der Waals surface area contributed by atoms with Gasteiger partial charge in [-0.25, -0.2) is 0 Å². The Morgan fingerprint density at radius 1 is 0.500 bits per heavy atom. The zero-order valence-electron chi connectivity index (χ0n) is 19.8. The van der Waals surface area contributed by atoms with Crippen molar-refractivity contribution in [3.05, 3.63) is 46.5 Å². The lowest BCUT2D eigenvalue weighted by atomic mass is 9.81. The first kappa shape index (κ1) is 21.5. The lowest BCUT2D eigenvalue weighted by Crippen LogP contribution is -2.50. The number of amides is 4. The van der Waals surface area contributed by atoms with E-state index in [0.29, 0.717) is 44.9 Å². The maximum atomic E-state index is 13.6. The van der Waals surface area contributed by atoms with E-state index in [1.54, 1.807) is 24.3 Å². The predicted molar refractivity (Wildman–Crippen MR) is 128 cm³/mol. The van der Waals surface area contributed by atoms with Gasteiger partial charge < -0.3 is 0 Å². The van der Waals surface area contributed by atoms with Gasteiger partial charge >= 0.3 is 0 Å². The van der Waals surface area contributed by atoms with Crippen molar-refractivity contribution in [1.82, 2.24) is 9.80 Å². The second kappa shape index (κ2) is 7.76. The molecular formula is C28H30N2O4. The Balaban J connectivity index is 1.44. The van der Waals surface area contributed by atoms with Crippen LogP contribution in [0.15, 0.2) is 24.3 Å². The molecule has 6 heteroatoms. The quantitative estimate of drug-likeness (QED) is 0.581. The Morgan fingerprint density at radius 3 is 1.03 bits per heavy atom. The Labute approximate surface area is 199 Å². The number of rotatable bonds is 2. The Bertz CT molecular complexity index is 1080. The van der Waals surface area contributed by atoms with E-state index < -0.39 is 0 Å². The molecule has 2 aliphatic heterocycles. The molecule has 2 aromatic carbocycles. The molecule has 0 unspecified atom stereocenters. The lowest BCUT2D eigenvalue weighted by molar-refractivity contribution is 0.0466.